The second kappa shape index (κ2) is 6.19. The molecular weight excluding hydrogens is 240 g/mol. The second-order valence-corrected chi connectivity index (χ2v) is 5.43. The van der Waals surface area contributed by atoms with Gasteiger partial charge in [-0.1, -0.05) is 6.42 Å². The molecular formula is C14H24N4O. The SMILES string of the molecule is Cc1cc(C(=O)NCCN2CCCC[C@@H]2C)n(C)n1. The molecule has 1 aromatic heterocycles. The first-order valence-corrected chi connectivity index (χ1v) is 7.11. The molecule has 5 heteroatoms. The lowest BCUT2D eigenvalue weighted by Crippen LogP contribution is -2.42. The highest BCUT2D eigenvalue weighted by molar-refractivity contribution is 5.92. The normalized spacial score (nSPS) is 20.5. The van der Waals surface area contributed by atoms with Crippen LogP contribution < -0.4 is 5.32 Å². The molecule has 0 unspecified atom stereocenters. The minimum absolute atomic E-state index is 0.0345. The summed E-state index contributed by atoms with van der Waals surface area (Å²) in [6.07, 6.45) is 3.88. The van der Waals surface area contributed by atoms with Crippen LogP contribution in [-0.2, 0) is 7.05 Å². The minimum Gasteiger partial charge on any atom is -0.349 e. The fourth-order valence-corrected chi connectivity index (χ4v) is 2.72. The molecule has 1 saturated heterocycles. The molecule has 0 aromatic carbocycles. The topological polar surface area (TPSA) is 50.2 Å². The number of rotatable bonds is 4. The molecule has 106 valence electrons. The third-order valence-electron chi connectivity index (χ3n) is 3.86. The van der Waals surface area contributed by atoms with Crippen LogP contribution >= 0.6 is 0 Å². The van der Waals surface area contributed by atoms with Gasteiger partial charge in [-0.15, -0.1) is 0 Å². The van der Waals surface area contributed by atoms with Crippen molar-refractivity contribution in [2.45, 2.75) is 39.2 Å². The summed E-state index contributed by atoms with van der Waals surface area (Å²) in [7, 11) is 1.80. The van der Waals surface area contributed by atoms with Crippen LogP contribution in [0.25, 0.3) is 0 Å². The number of nitrogens with zero attached hydrogens (tertiary/aromatic N) is 3. The number of piperidine rings is 1. The number of carbonyl (C=O) groups is 1. The number of amides is 1. The first kappa shape index (κ1) is 14.1. The van der Waals surface area contributed by atoms with Crippen molar-refractivity contribution in [3.8, 4) is 0 Å². The smallest absolute Gasteiger partial charge is 0.269 e. The zero-order valence-electron chi connectivity index (χ0n) is 12.1. The molecule has 2 heterocycles. The van der Waals surface area contributed by atoms with Crippen molar-refractivity contribution in [1.29, 1.82) is 0 Å². The predicted molar refractivity (Wildman–Crippen MR) is 75.2 cm³/mol. The zero-order chi connectivity index (χ0) is 13.8. The van der Waals surface area contributed by atoms with E-state index in [1.54, 1.807) is 11.7 Å². The molecule has 1 N–H and O–H groups in total. The monoisotopic (exact) mass is 264 g/mol. The highest BCUT2D eigenvalue weighted by Gasteiger charge is 2.18. The third-order valence-corrected chi connectivity index (χ3v) is 3.86. The molecule has 0 bridgehead atoms. The maximum atomic E-state index is 12.0. The molecule has 5 nitrogen and oxygen atoms in total. The van der Waals surface area contributed by atoms with Crippen molar-refractivity contribution in [3.63, 3.8) is 0 Å². The molecule has 2 rings (SSSR count). The van der Waals surface area contributed by atoms with Gasteiger partial charge in [0.2, 0.25) is 0 Å². The van der Waals surface area contributed by atoms with E-state index in [2.05, 4.69) is 22.2 Å². The number of likely N-dealkylation sites (tertiary alicyclic amines) is 1. The van der Waals surface area contributed by atoms with E-state index in [0.29, 0.717) is 18.3 Å². The van der Waals surface area contributed by atoms with Gasteiger partial charge in [-0.2, -0.15) is 5.10 Å². The second-order valence-electron chi connectivity index (χ2n) is 5.43. The molecule has 1 atom stereocenters. The van der Waals surface area contributed by atoms with Gasteiger partial charge in [-0.25, -0.2) is 0 Å². The van der Waals surface area contributed by atoms with Crippen LogP contribution in [-0.4, -0.2) is 46.3 Å². The lowest BCUT2D eigenvalue weighted by atomic mass is 10.0. The summed E-state index contributed by atoms with van der Waals surface area (Å²) in [4.78, 5) is 14.5. The molecule has 0 radical (unpaired) electrons. The molecule has 1 aliphatic rings. The Morgan fingerprint density at radius 1 is 1.53 bits per heavy atom. The molecule has 1 aromatic rings. The van der Waals surface area contributed by atoms with Gasteiger partial charge in [0.1, 0.15) is 5.69 Å². The fraction of sp³-hybridized carbons (Fsp3) is 0.714. The first-order chi connectivity index (χ1) is 9.08. The summed E-state index contributed by atoms with van der Waals surface area (Å²) in [6.45, 7) is 6.96. The van der Waals surface area contributed by atoms with Gasteiger partial charge in [0.05, 0.1) is 5.69 Å². The van der Waals surface area contributed by atoms with E-state index in [1.165, 1.54) is 19.3 Å². The average Bonchev–Trinajstić information content (AvgIpc) is 2.71. The Morgan fingerprint density at radius 3 is 2.95 bits per heavy atom. The summed E-state index contributed by atoms with van der Waals surface area (Å²) in [5.41, 5.74) is 1.50. The standard InChI is InChI=1S/C14H24N4O/c1-11-10-13(17(3)16-11)14(19)15-7-9-18-8-5-4-6-12(18)2/h10,12H,4-9H2,1-3H3,(H,15,19)/t12-/m0/s1. The Bertz CT molecular complexity index is 441. The van der Waals surface area contributed by atoms with E-state index in [1.807, 2.05) is 13.0 Å². The van der Waals surface area contributed by atoms with Crippen LogP contribution in [0.1, 0.15) is 42.4 Å². The van der Waals surface area contributed by atoms with Crippen LogP contribution in [0.15, 0.2) is 6.07 Å². The number of hydrogen-bond donors (Lipinski definition) is 1. The predicted octanol–water partition coefficient (Wildman–Crippen LogP) is 1.33. The van der Waals surface area contributed by atoms with Crippen LogP contribution in [0.4, 0.5) is 0 Å². The number of nitrogens with one attached hydrogen (secondary N) is 1. The maximum Gasteiger partial charge on any atom is 0.269 e. The summed E-state index contributed by atoms with van der Waals surface area (Å²) in [5, 5.41) is 7.17. The summed E-state index contributed by atoms with van der Waals surface area (Å²) < 4.78 is 1.63. The Hall–Kier alpha value is -1.36. The van der Waals surface area contributed by atoms with Gasteiger partial charge in [0.25, 0.3) is 5.91 Å². The fourth-order valence-electron chi connectivity index (χ4n) is 2.72. The quantitative estimate of drug-likeness (QED) is 0.892. The Kier molecular flexibility index (Phi) is 4.58. The highest BCUT2D eigenvalue weighted by atomic mass is 16.2. The van der Waals surface area contributed by atoms with Gasteiger partial charge in [0.15, 0.2) is 0 Å². The van der Waals surface area contributed by atoms with E-state index in [-0.39, 0.29) is 5.91 Å². The van der Waals surface area contributed by atoms with Crippen molar-refractivity contribution in [2.75, 3.05) is 19.6 Å². The number of carbonyl (C=O) groups excluding carboxylic acids is 1. The molecule has 0 spiro atoms. The van der Waals surface area contributed by atoms with Gasteiger partial charge in [0, 0.05) is 26.2 Å². The largest absolute Gasteiger partial charge is 0.349 e. The maximum absolute atomic E-state index is 12.0. The minimum atomic E-state index is -0.0345. The Labute approximate surface area is 115 Å². The van der Waals surface area contributed by atoms with Crippen molar-refractivity contribution in [1.82, 2.24) is 20.0 Å². The lowest BCUT2D eigenvalue weighted by molar-refractivity contribution is 0.0929. The van der Waals surface area contributed by atoms with Crippen molar-refractivity contribution in [2.24, 2.45) is 7.05 Å². The summed E-state index contributed by atoms with van der Waals surface area (Å²) in [6, 6.07) is 2.46. The van der Waals surface area contributed by atoms with Gasteiger partial charge >= 0.3 is 0 Å². The van der Waals surface area contributed by atoms with E-state index in [4.69, 9.17) is 0 Å². The number of aryl methyl sites for hydroxylation is 2. The van der Waals surface area contributed by atoms with Crippen LogP contribution in [0.2, 0.25) is 0 Å². The first-order valence-electron chi connectivity index (χ1n) is 7.11. The number of hydrogen-bond acceptors (Lipinski definition) is 3. The Morgan fingerprint density at radius 2 is 2.32 bits per heavy atom. The average molecular weight is 264 g/mol. The van der Waals surface area contributed by atoms with Crippen LogP contribution in [0.5, 0.6) is 0 Å². The molecule has 0 aliphatic carbocycles. The summed E-state index contributed by atoms with van der Waals surface area (Å²) >= 11 is 0. The van der Waals surface area contributed by atoms with Crippen molar-refractivity contribution >= 4 is 5.91 Å². The highest BCUT2D eigenvalue weighted by Crippen LogP contribution is 2.15. The summed E-state index contributed by atoms with van der Waals surface area (Å²) in [5.74, 6) is -0.0345. The van der Waals surface area contributed by atoms with Crippen LogP contribution in [0.3, 0.4) is 0 Å². The van der Waals surface area contributed by atoms with Gasteiger partial charge < -0.3 is 5.32 Å². The van der Waals surface area contributed by atoms with Crippen molar-refractivity contribution in [3.05, 3.63) is 17.5 Å². The van der Waals surface area contributed by atoms with Crippen LogP contribution in [0, 0.1) is 6.92 Å². The molecule has 1 fully saturated rings. The van der Waals surface area contributed by atoms with E-state index in [0.717, 1.165) is 18.8 Å². The van der Waals surface area contributed by atoms with Gasteiger partial charge in [-0.05, 0) is 39.3 Å². The molecule has 19 heavy (non-hydrogen) atoms. The lowest BCUT2D eigenvalue weighted by Gasteiger charge is -2.33. The molecule has 1 amide bonds. The molecule has 1 aliphatic heterocycles. The van der Waals surface area contributed by atoms with E-state index in [9.17, 15) is 4.79 Å². The Balaban J connectivity index is 1.79. The molecule has 0 saturated carbocycles. The third kappa shape index (κ3) is 3.56. The zero-order valence-corrected chi connectivity index (χ0v) is 12.1. The van der Waals surface area contributed by atoms with Crippen molar-refractivity contribution < 1.29 is 4.79 Å². The van der Waals surface area contributed by atoms with E-state index >= 15 is 0 Å². The number of aromatic nitrogens is 2. The van der Waals surface area contributed by atoms with Gasteiger partial charge in [-0.3, -0.25) is 14.4 Å². The van der Waals surface area contributed by atoms with E-state index < -0.39 is 0 Å².